The van der Waals surface area contributed by atoms with Crippen LogP contribution in [-0.2, 0) is 33.4 Å². The summed E-state index contributed by atoms with van der Waals surface area (Å²) in [5.74, 6) is -5.41. The minimum atomic E-state index is -2.88. The molecule has 2 saturated heterocycles. The van der Waals surface area contributed by atoms with E-state index in [4.69, 9.17) is 18.6 Å². The molecule has 0 amide bonds. The Labute approximate surface area is 214 Å². The zero-order valence-corrected chi connectivity index (χ0v) is 21.8. The van der Waals surface area contributed by atoms with Gasteiger partial charge in [-0.3, -0.25) is 19.2 Å². The molecule has 0 radical (unpaired) electrons. The Morgan fingerprint density at radius 2 is 1.70 bits per heavy atom. The number of cyclic esters (lactones) is 1. The second-order valence-corrected chi connectivity index (χ2v) is 12.0. The van der Waals surface area contributed by atoms with Crippen LogP contribution in [0, 0.1) is 28.1 Å². The minimum Gasteiger partial charge on any atom is -0.472 e. The SMILES string of the molecule is COC(=O)[C@@]1(O)C(=O)[C@]2(C)C(CC[C@@]1(C)C(=O)c1ccoc1)[C@]1(C)OC(=O)C[C@]13[C@H]2CC(=O)OC3(C)C. The minimum absolute atomic E-state index is 0.0876. The Kier molecular flexibility index (Phi) is 5.06. The summed E-state index contributed by atoms with van der Waals surface area (Å²) in [6.45, 7) is 8.13. The van der Waals surface area contributed by atoms with Gasteiger partial charge in [0.15, 0.2) is 11.6 Å². The van der Waals surface area contributed by atoms with E-state index < -0.39 is 74.4 Å². The van der Waals surface area contributed by atoms with Crippen LogP contribution in [0.4, 0.5) is 0 Å². The fraction of sp³-hybridized carbons (Fsp3) is 0.667. The van der Waals surface area contributed by atoms with E-state index in [1.807, 2.05) is 0 Å². The number of aliphatic hydroxyl groups is 1. The lowest BCUT2D eigenvalue weighted by atomic mass is 9.53. The van der Waals surface area contributed by atoms with Crippen LogP contribution in [-0.4, -0.2) is 58.5 Å². The van der Waals surface area contributed by atoms with Crippen molar-refractivity contribution in [3.05, 3.63) is 24.2 Å². The molecule has 7 atom stereocenters. The van der Waals surface area contributed by atoms with Gasteiger partial charge >= 0.3 is 17.9 Å². The highest BCUT2D eigenvalue weighted by atomic mass is 16.6. The van der Waals surface area contributed by atoms with Gasteiger partial charge in [-0.2, -0.15) is 0 Å². The largest absolute Gasteiger partial charge is 0.472 e. The fourth-order valence-electron chi connectivity index (χ4n) is 8.75. The first-order valence-corrected chi connectivity index (χ1v) is 12.4. The molecule has 1 aromatic heterocycles. The van der Waals surface area contributed by atoms with Crippen LogP contribution in [0.3, 0.4) is 0 Å². The summed E-state index contributed by atoms with van der Waals surface area (Å²) in [6, 6.07) is 1.40. The van der Waals surface area contributed by atoms with E-state index >= 15 is 0 Å². The second kappa shape index (κ2) is 7.30. The van der Waals surface area contributed by atoms with Crippen LogP contribution in [0.2, 0.25) is 0 Å². The van der Waals surface area contributed by atoms with Crippen molar-refractivity contribution in [3.8, 4) is 0 Å². The molecule has 10 nitrogen and oxygen atoms in total. The molecule has 10 heteroatoms. The number of carbonyl (C=O) groups excluding carboxylic acids is 5. The molecule has 3 heterocycles. The normalized spacial score (nSPS) is 44.1. The van der Waals surface area contributed by atoms with Gasteiger partial charge in [0.05, 0.1) is 42.6 Å². The Hall–Kier alpha value is -3.01. The lowest BCUT2D eigenvalue weighted by Crippen LogP contribution is -2.67. The summed E-state index contributed by atoms with van der Waals surface area (Å²) in [4.78, 5) is 67.6. The summed E-state index contributed by atoms with van der Waals surface area (Å²) < 4.78 is 21.8. The standard InChI is InChI=1S/C27H32O10/c1-22(2)26-12-18(29)37-25(26,5)15-7-9-23(3,19(30)14-8-10-35-13-14)27(33,21(32)34-6)20(31)24(15,4)16(26)11-17(28)36-22/h8,10,13,15-16,33H,7,9,11-12H2,1-6H3/t15?,16-,23-,24+,25-,26+,27-/m0/s1. The van der Waals surface area contributed by atoms with Crippen molar-refractivity contribution < 1.29 is 47.7 Å². The van der Waals surface area contributed by atoms with E-state index in [0.29, 0.717) is 0 Å². The van der Waals surface area contributed by atoms with E-state index in [1.165, 1.54) is 25.5 Å². The molecule has 4 aliphatic rings. The maximum Gasteiger partial charge on any atom is 0.346 e. The van der Waals surface area contributed by atoms with Crippen molar-refractivity contribution in [1.82, 2.24) is 0 Å². The van der Waals surface area contributed by atoms with E-state index in [2.05, 4.69) is 0 Å². The number of fused-ring (bicyclic) bond motifs is 3. The van der Waals surface area contributed by atoms with Crippen LogP contribution in [0.5, 0.6) is 0 Å². The Morgan fingerprint density at radius 3 is 2.30 bits per heavy atom. The van der Waals surface area contributed by atoms with Gasteiger partial charge in [0.25, 0.3) is 0 Å². The predicted octanol–water partition coefficient (Wildman–Crippen LogP) is 2.41. The molecule has 37 heavy (non-hydrogen) atoms. The number of ether oxygens (including phenoxy) is 3. The monoisotopic (exact) mass is 516 g/mol. The average Bonchev–Trinajstić information content (AvgIpc) is 3.47. The van der Waals surface area contributed by atoms with Crippen molar-refractivity contribution in [2.75, 3.05) is 7.11 Å². The third-order valence-electron chi connectivity index (χ3n) is 10.5. The number of hydrogen-bond donors (Lipinski definition) is 1. The second-order valence-electron chi connectivity index (χ2n) is 12.0. The molecule has 4 fully saturated rings. The molecule has 1 unspecified atom stereocenters. The molecule has 200 valence electrons. The highest BCUT2D eigenvalue weighted by Gasteiger charge is 2.86. The van der Waals surface area contributed by atoms with Gasteiger partial charge in [-0.05, 0) is 52.5 Å². The van der Waals surface area contributed by atoms with Gasteiger partial charge in [0, 0.05) is 11.3 Å². The van der Waals surface area contributed by atoms with Gasteiger partial charge < -0.3 is 23.7 Å². The smallest absolute Gasteiger partial charge is 0.346 e. The summed E-state index contributed by atoms with van der Waals surface area (Å²) in [6.07, 6.45) is 2.22. The highest BCUT2D eigenvalue weighted by molar-refractivity contribution is 6.17. The first-order valence-electron chi connectivity index (χ1n) is 12.4. The van der Waals surface area contributed by atoms with Crippen molar-refractivity contribution in [2.24, 2.45) is 28.1 Å². The highest BCUT2D eigenvalue weighted by Crippen LogP contribution is 2.77. The molecule has 0 bridgehead atoms. The summed E-state index contributed by atoms with van der Waals surface area (Å²) in [5.41, 5.74) is -9.83. The van der Waals surface area contributed by atoms with Crippen molar-refractivity contribution in [1.29, 1.82) is 0 Å². The first-order chi connectivity index (χ1) is 17.1. The molecule has 2 aliphatic carbocycles. The Balaban J connectivity index is 1.78. The molecule has 2 aliphatic heterocycles. The zero-order chi connectivity index (χ0) is 27.4. The molecular formula is C27H32O10. The number of rotatable bonds is 3. The van der Waals surface area contributed by atoms with Crippen molar-refractivity contribution in [2.45, 2.75) is 77.1 Å². The molecule has 1 aromatic rings. The number of carbonyl (C=O) groups is 5. The number of methoxy groups -OCH3 is 1. The van der Waals surface area contributed by atoms with Crippen LogP contribution in [0.15, 0.2) is 23.0 Å². The quantitative estimate of drug-likeness (QED) is 0.275. The average molecular weight is 517 g/mol. The van der Waals surface area contributed by atoms with Crippen molar-refractivity contribution in [3.63, 3.8) is 0 Å². The topological polar surface area (TPSA) is 146 Å². The van der Waals surface area contributed by atoms with Gasteiger partial charge in [0.2, 0.25) is 5.60 Å². The van der Waals surface area contributed by atoms with Gasteiger partial charge in [-0.15, -0.1) is 0 Å². The first kappa shape index (κ1) is 25.6. The van der Waals surface area contributed by atoms with E-state index in [1.54, 1.807) is 27.7 Å². The van der Waals surface area contributed by atoms with Crippen LogP contribution >= 0.6 is 0 Å². The Morgan fingerprint density at radius 1 is 1.03 bits per heavy atom. The zero-order valence-electron chi connectivity index (χ0n) is 21.8. The van der Waals surface area contributed by atoms with E-state index in [0.717, 1.165) is 7.11 Å². The number of furan rings is 1. The third kappa shape index (κ3) is 2.62. The molecule has 2 saturated carbocycles. The molecule has 1 spiro atoms. The molecular weight excluding hydrogens is 484 g/mol. The van der Waals surface area contributed by atoms with E-state index in [9.17, 15) is 29.1 Å². The summed E-state index contributed by atoms with van der Waals surface area (Å²) >= 11 is 0. The Bertz CT molecular complexity index is 1230. The predicted molar refractivity (Wildman–Crippen MR) is 124 cm³/mol. The van der Waals surface area contributed by atoms with Gasteiger partial charge in [-0.25, -0.2) is 4.79 Å². The molecule has 0 aromatic carbocycles. The van der Waals surface area contributed by atoms with Gasteiger partial charge in [-0.1, -0.05) is 6.92 Å². The maximum absolute atomic E-state index is 14.8. The number of esters is 3. The number of hydrogen-bond acceptors (Lipinski definition) is 10. The lowest BCUT2D eigenvalue weighted by molar-refractivity contribution is -0.217. The fourth-order valence-corrected chi connectivity index (χ4v) is 8.75. The maximum atomic E-state index is 14.8. The summed E-state index contributed by atoms with van der Waals surface area (Å²) in [5, 5.41) is 12.2. The van der Waals surface area contributed by atoms with E-state index in [-0.39, 0.29) is 31.2 Å². The summed E-state index contributed by atoms with van der Waals surface area (Å²) in [7, 11) is 1.04. The van der Waals surface area contributed by atoms with Crippen LogP contribution in [0.25, 0.3) is 0 Å². The van der Waals surface area contributed by atoms with Crippen LogP contribution in [0.1, 0.15) is 70.7 Å². The number of ketones is 2. The lowest BCUT2D eigenvalue weighted by Gasteiger charge is -2.54. The van der Waals surface area contributed by atoms with Crippen LogP contribution < -0.4 is 0 Å². The molecule has 5 rings (SSSR count). The number of Topliss-reactive ketones (excluding diaryl/α,β-unsaturated/α-hetero) is 2. The van der Waals surface area contributed by atoms with Gasteiger partial charge in [0.1, 0.15) is 17.5 Å². The third-order valence-corrected chi connectivity index (χ3v) is 10.5. The van der Waals surface area contributed by atoms with Crippen molar-refractivity contribution >= 4 is 29.5 Å². The molecule has 1 N–H and O–H groups in total.